The van der Waals surface area contributed by atoms with Gasteiger partial charge in [0.05, 0.1) is 19.6 Å². The van der Waals surface area contributed by atoms with Gasteiger partial charge in [-0.05, 0) is 57.0 Å². The maximum Gasteiger partial charge on any atom is 0.251 e. The van der Waals surface area contributed by atoms with E-state index in [2.05, 4.69) is 10.3 Å². The third-order valence-electron chi connectivity index (χ3n) is 6.58. The number of benzene rings is 1. The molecule has 3 amide bonds. The van der Waals surface area contributed by atoms with Crippen molar-refractivity contribution in [1.29, 1.82) is 0 Å². The maximum absolute atomic E-state index is 13.5. The number of aromatic nitrogens is 1. The van der Waals surface area contributed by atoms with E-state index in [0.717, 1.165) is 17.0 Å². The molecule has 1 aromatic heterocycles. The Bertz CT molecular complexity index is 1080. The Hall–Kier alpha value is -3.68. The molecule has 1 atom stereocenters. The van der Waals surface area contributed by atoms with Crippen molar-refractivity contribution in [3.05, 3.63) is 71.2 Å². The summed E-state index contributed by atoms with van der Waals surface area (Å²) in [5.74, 6) is -0.294. The first kappa shape index (κ1) is 26.9. The summed E-state index contributed by atoms with van der Waals surface area (Å²) < 4.78 is 5.23. The number of methoxy groups -OCH3 is 1. The zero-order valence-corrected chi connectivity index (χ0v) is 21.6. The lowest BCUT2D eigenvalue weighted by Gasteiger charge is -2.36. The van der Waals surface area contributed by atoms with Crippen molar-refractivity contribution in [2.75, 3.05) is 26.7 Å². The fourth-order valence-electron chi connectivity index (χ4n) is 4.42. The van der Waals surface area contributed by atoms with E-state index in [1.54, 1.807) is 23.1 Å². The highest BCUT2D eigenvalue weighted by atomic mass is 16.5. The fourth-order valence-corrected chi connectivity index (χ4v) is 4.42. The van der Waals surface area contributed by atoms with E-state index in [0.29, 0.717) is 43.9 Å². The first-order valence-corrected chi connectivity index (χ1v) is 12.5. The monoisotopic (exact) mass is 492 g/mol. The molecule has 0 aliphatic carbocycles. The Balaban J connectivity index is 1.77. The van der Waals surface area contributed by atoms with E-state index in [4.69, 9.17) is 4.74 Å². The average molecular weight is 493 g/mol. The topological polar surface area (TPSA) is 91.8 Å². The Kier molecular flexibility index (Phi) is 9.61. The molecule has 0 fully saturated rings. The fraction of sp³-hybridized carbons (Fsp3) is 0.429. The lowest BCUT2D eigenvalue weighted by atomic mass is 9.88. The summed E-state index contributed by atoms with van der Waals surface area (Å²) in [7, 11) is 1.60. The highest BCUT2D eigenvalue weighted by molar-refractivity contribution is 5.98. The molecule has 192 valence electrons. The van der Waals surface area contributed by atoms with Crippen LogP contribution in [-0.4, -0.2) is 59.2 Å². The van der Waals surface area contributed by atoms with E-state index >= 15 is 0 Å². The van der Waals surface area contributed by atoms with E-state index in [9.17, 15) is 14.4 Å². The molecule has 0 saturated heterocycles. The lowest BCUT2D eigenvalue weighted by molar-refractivity contribution is -0.139. The van der Waals surface area contributed by atoms with Crippen molar-refractivity contribution in [2.45, 2.75) is 46.6 Å². The van der Waals surface area contributed by atoms with Crippen LogP contribution >= 0.6 is 0 Å². The van der Waals surface area contributed by atoms with Crippen LogP contribution < -0.4 is 10.1 Å². The molecule has 1 aromatic carbocycles. The summed E-state index contributed by atoms with van der Waals surface area (Å²) in [6.07, 6.45) is 2.62. The van der Waals surface area contributed by atoms with Crippen molar-refractivity contribution in [1.82, 2.24) is 20.1 Å². The smallest absolute Gasteiger partial charge is 0.251 e. The van der Waals surface area contributed by atoms with Crippen molar-refractivity contribution < 1.29 is 19.1 Å². The minimum Gasteiger partial charge on any atom is -0.497 e. The van der Waals surface area contributed by atoms with Gasteiger partial charge in [0.2, 0.25) is 11.8 Å². The summed E-state index contributed by atoms with van der Waals surface area (Å²) in [6.45, 7) is 7.61. The van der Waals surface area contributed by atoms with Gasteiger partial charge in [0.1, 0.15) is 5.75 Å². The van der Waals surface area contributed by atoms with Crippen molar-refractivity contribution in [3.8, 4) is 5.75 Å². The van der Waals surface area contributed by atoms with Gasteiger partial charge in [-0.3, -0.25) is 19.4 Å². The number of hydrogen-bond acceptors (Lipinski definition) is 5. The van der Waals surface area contributed by atoms with Crippen LogP contribution in [0, 0.1) is 5.92 Å². The number of rotatable bonds is 11. The molecule has 1 unspecified atom stereocenters. The molecule has 8 nitrogen and oxygen atoms in total. The van der Waals surface area contributed by atoms with Gasteiger partial charge in [0, 0.05) is 55.6 Å². The van der Waals surface area contributed by atoms with Gasteiger partial charge < -0.3 is 19.9 Å². The molecule has 1 aliphatic heterocycles. The molecule has 1 N–H and O–H groups in total. The van der Waals surface area contributed by atoms with Crippen LogP contribution in [0.3, 0.4) is 0 Å². The number of ether oxygens (including phenoxy) is 1. The predicted octanol–water partition coefficient (Wildman–Crippen LogP) is 3.33. The first-order valence-electron chi connectivity index (χ1n) is 12.5. The molecule has 8 heteroatoms. The van der Waals surface area contributed by atoms with E-state index in [1.807, 2.05) is 63.2 Å². The van der Waals surface area contributed by atoms with Crippen LogP contribution in [0.15, 0.2) is 59.9 Å². The number of likely N-dealkylation sites (N-methyl/N-ethyl adjacent to an activating group) is 1. The molecular formula is C28H36N4O4. The van der Waals surface area contributed by atoms with Crippen molar-refractivity contribution in [3.63, 3.8) is 0 Å². The summed E-state index contributed by atoms with van der Waals surface area (Å²) in [6, 6.07) is 13.2. The number of nitrogens with one attached hydrogen (secondary N) is 1. The Morgan fingerprint density at radius 3 is 2.47 bits per heavy atom. The third kappa shape index (κ3) is 6.71. The van der Waals surface area contributed by atoms with Gasteiger partial charge in [0.15, 0.2) is 0 Å². The third-order valence-corrected chi connectivity index (χ3v) is 6.58. The molecule has 0 bridgehead atoms. The minimum atomic E-state index is -0.601. The Morgan fingerprint density at radius 1 is 1.14 bits per heavy atom. The largest absolute Gasteiger partial charge is 0.497 e. The number of pyridine rings is 1. The summed E-state index contributed by atoms with van der Waals surface area (Å²) >= 11 is 0. The summed E-state index contributed by atoms with van der Waals surface area (Å²) in [5.41, 5.74) is 3.05. The number of nitrogens with zero attached hydrogens (tertiary/aromatic N) is 3. The van der Waals surface area contributed by atoms with E-state index < -0.39 is 5.92 Å². The number of carbonyl (C=O) groups excluding carboxylic acids is 3. The number of hydrogen-bond donors (Lipinski definition) is 1. The number of allylic oxidation sites excluding steroid dienone is 1. The Labute approximate surface area is 213 Å². The second kappa shape index (κ2) is 12.9. The molecule has 3 rings (SSSR count). The van der Waals surface area contributed by atoms with Crippen LogP contribution in [0.25, 0.3) is 0 Å². The highest BCUT2D eigenvalue weighted by Gasteiger charge is 2.37. The Morgan fingerprint density at radius 2 is 1.86 bits per heavy atom. The highest BCUT2D eigenvalue weighted by Crippen LogP contribution is 2.32. The van der Waals surface area contributed by atoms with Gasteiger partial charge in [0.25, 0.3) is 5.91 Å². The van der Waals surface area contributed by atoms with Crippen LogP contribution in [0.1, 0.15) is 44.9 Å². The molecule has 0 spiro atoms. The minimum absolute atomic E-state index is 0.0302. The summed E-state index contributed by atoms with van der Waals surface area (Å²) in [5, 5.41) is 2.90. The van der Waals surface area contributed by atoms with Crippen molar-refractivity contribution in [2.24, 2.45) is 5.92 Å². The zero-order valence-electron chi connectivity index (χ0n) is 21.6. The molecular weight excluding hydrogens is 456 g/mol. The van der Waals surface area contributed by atoms with Gasteiger partial charge in [-0.2, -0.15) is 0 Å². The second-order valence-electron chi connectivity index (χ2n) is 8.84. The van der Waals surface area contributed by atoms with Gasteiger partial charge in [-0.15, -0.1) is 0 Å². The van der Waals surface area contributed by atoms with Crippen LogP contribution in [0.2, 0.25) is 0 Å². The average Bonchev–Trinajstić information content (AvgIpc) is 2.89. The molecule has 36 heavy (non-hydrogen) atoms. The molecule has 2 aromatic rings. The predicted molar refractivity (Wildman–Crippen MR) is 138 cm³/mol. The van der Waals surface area contributed by atoms with Gasteiger partial charge in [-0.25, -0.2) is 0 Å². The SMILES string of the molecule is CCN(CC)C(=O)C1=C(C)N(Cc2ccc(OC)cc2)C(=O)C(CC(=O)NCCc2ccccn2)C1. The molecule has 2 heterocycles. The van der Waals surface area contributed by atoms with Crippen LogP contribution in [0.4, 0.5) is 0 Å². The van der Waals surface area contributed by atoms with E-state index in [1.165, 1.54) is 0 Å². The van der Waals surface area contributed by atoms with Crippen molar-refractivity contribution >= 4 is 17.7 Å². The van der Waals surface area contributed by atoms with Gasteiger partial charge in [-0.1, -0.05) is 18.2 Å². The maximum atomic E-state index is 13.5. The second-order valence-corrected chi connectivity index (χ2v) is 8.84. The molecule has 0 radical (unpaired) electrons. The normalized spacial score (nSPS) is 15.6. The molecule has 0 saturated carbocycles. The quantitative estimate of drug-likeness (QED) is 0.520. The van der Waals surface area contributed by atoms with Crippen LogP contribution in [-0.2, 0) is 27.3 Å². The zero-order chi connectivity index (χ0) is 26.1. The summed E-state index contributed by atoms with van der Waals surface area (Å²) in [4.78, 5) is 47.3. The van der Waals surface area contributed by atoms with Gasteiger partial charge >= 0.3 is 0 Å². The number of carbonyl (C=O) groups is 3. The standard InChI is InChI=1S/C28H36N4O4/c1-5-31(6-2)28(35)25-17-22(18-26(33)30-16-14-23-9-7-8-15-29-23)27(34)32(20(25)3)19-21-10-12-24(36-4)13-11-21/h7-13,15,22H,5-6,14,16-19H2,1-4H3,(H,30,33). The first-order chi connectivity index (χ1) is 17.4. The molecule has 1 aliphatic rings. The van der Waals surface area contributed by atoms with Crippen LogP contribution in [0.5, 0.6) is 5.75 Å². The lowest BCUT2D eigenvalue weighted by Crippen LogP contribution is -2.44. The number of amides is 3. The van der Waals surface area contributed by atoms with E-state index in [-0.39, 0.29) is 30.6 Å².